The number of amides is 1. The number of hydrogen-bond donors (Lipinski definition) is 1. The quantitative estimate of drug-likeness (QED) is 0.797. The van der Waals surface area contributed by atoms with Crippen LogP contribution < -0.4 is 10.9 Å². The molecule has 1 amide bonds. The Bertz CT molecular complexity index is 1000. The Morgan fingerprint density at radius 2 is 1.96 bits per heavy atom. The second-order valence-corrected chi connectivity index (χ2v) is 6.53. The largest absolute Gasteiger partial charge is 0.326 e. The highest BCUT2D eigenvalue weighted by Gasteiger charge is 2.29. The monoisotopic (exact) mass is 333 g/mol. The summed E-state index contributed by atoms with van der Waals surface area (Å²) in [6.45, 7) is 1.96. The van der Waals surface area contributed by atoms with E-state index in [4.69, 9.17) is 4.98 Å². The third-order valence-electron chi connectivity index (χ3n) is 4.43. The van der Waals surface area contributed by atoms with Crippen molar-refractivity contribution >= 4 is 22.5 Å². The van der Waals surface area contributed by atoms with Gasteiger partial charge in [-0.3, -0.25) is 14.2 Å². The van der Waals surface area contributed by atoms with E-state index in [-0.39, 0.29) is 11.5 Å². The van der Waals surface area contributed by atoms with E-state index in [1.807, 2.05) is 30.3 Å². The van der Waals surface area contributed by atoms with Crippen molar-refractivity contribution in [2.45, 2.75) is 32.2 Å². The van der Waals surface area contributed by atoms with Crippen molar-refractivity contribution in [1.29, 1.82) is 0 Å². The number of fused-ring (bicyclic) bond motifs is 1. The fraction of sp³-hybridized carbons (Fsp3) is 0.250. The molecule has 0 atom stereocenters. The molecule has 1 aliphatic rings. The fourth-order valence-corrected chi connectivity index (χ4v) is 3.09. The van der Waals surface area contributed by atoms with Gasteiger partial charge in [0.05, 0.1) is 17.4 Å². The van der Waals surface area contributed by atoms with Crippen LogP contribution in [0.25, 0.3) is 10.9 Å². The molecule has 1 aliphatic carbocycles. The van der Waals surface area contributed by atoms with E-state index >= 15 is 0 Å². The Kier molecular flexibility index (Phi) is 3.84. The summed E-state index contributed by atoms with van der Waals surface area (Å²) in [5.74, 6) is 1.08. The average molecular weight is 333 g/mol. The van der Waals surface area contributed by atoms with Gasteiger partial charge in [0, 0.05) is 18.5 Å². The zero-order valence-corrected chi connectivity index (χ0v) is 14.0. The third kappa shape index (κ3) is 3.18. The van der Waals surface area contributed by atoms with Crippen LogP contribution in [0.15, 0.2) is 53.3 Å². The molecule has 3 aromatic rings. The highest BCUT2D eigenvalue weighted by Crippen LogP contribution is 2.39. The molecule has 4 rings (SSSR count). The Morgan fingerprint density at radius 3 is 2.64 bits per heavy atom. The lowest BCUT2D eigenvalue weighted by molar-refractivity contribution is -0.114. The highest BCUT2D eigenvalue weighted by molar-refractivity contribution is 5.92. The van der Waals surface area contributed by atoms with Gasteiger partial charge < -0.3 is 5.32 Å². The molecule has 126 valence electrons. The van der Waals surface area contributed by atoms with E-state index in [0.29, 0.717) is 29.1 Å². The first-order valence-corrected chi connectivity index (χ1v) is 8.48. The van der Waals surface area contributed by atoms with Crippen LogP contribution >= 0.6 is 0 Å². The first-order chi connectivity index (χ1) is 12.1. The minimum Gasteiger partial charge on any atom is -0.326 e. The summed E-state index contributed by atoms with van der Waals surface area (Å²) in [5, 5.41) is 3.26. The maximum atomic E-state index is 13.1. The summed E-state index contributed by atoms with van der Waals surface area (Å²) in [6.07, 6.45) is 2.16. The van der Waals surface area contributed by atoms with Crippen molar-refractivity contribution in [2.75, 3.05) is 5.32 Å². The summed E-state index contributed by atoms with van der Waals surface area (Å²) in [7, 11) is 0. The third-order valence-corrected chi connectivity index (χ3v) is 4.43. The van der Waals surface area contributed by atoms with Crippen molar-refractivity contribution in [2.24, 2.45) is 0 Å². The van der Waals surface area contributed by atoms with E-state index in [1.54, 1.807) is 22.8 Å². The van der Waals surface area contributed by atoms with Gasteiger partial charge in [0.1, 0.15) is 5.82 Å². The summed E-state index contributed by atoms with van der Waals surface area (Å²) < 4.78 is 1.78. The van der Waals surface area contributed by atoms with Gasteiger partial charge in [-0.15, -0.1) is 0 Å². The maximum absolute atomic E-state index is 13.1. The normalized spacial score (nSPS) is 13.8. The summed E-state index contributed by atoms with van der Waals surface area (Å²) >= 11 is 0. The molecule has 0 saturated heterocycles. The molecule has 0 spiro atoms. The van der Waals surface area contributed by atoms with Gasteiger partial charge in [-0.1, -0.05) is 30.3 Å². The molecule has 0 aliphatic heterocycles. The standard InChI is InChI=1S/C20H19N3O2/c1-13(24)21-16-9-10-18-17(11-16)20(25)23(19(22-18)15-7-8-15)12-14-5-3-2-4-6-14/h2-6,9-11,15H,7-8,12H2,1H3,(H,21,24). The first-order valence-electron chi connectivity index (χ1n) is 8.48. The number of anilines is 1. The topological polar surface area (TPSA) is 64.0 Å². The van der Waals surface area contributed by atoms with Crippen LogP contribution in [0.4, 0.5) is 5.69 Å². The molecule has 25 heavy (non-hydrogen) atoms. The Morgan fingerprint density at radius 1 is 1.20 bits per heavy atom. The summed E-state index contributed by atoms with van der Waals surface area (Å²) in [4.78, 5) is 29.2. The van der Waals surface area contributed by atoms with Crippen LogP contribution in [0.5, 0.6) is 0 Å². The molecule has 5 nitrogen and oxygen atoms in total. The smallest absolute Gasteiger partial charge is 0.261 e. The average Bonchev–Trinajstić information content (AvgIpc) is 3.43. The molecular weight excluding hydrogens is 314 g/mol. The molecule has 5 heteroatoms. The number of hydrogen-bond acceptors (Lipinski definition) is 3. The summed E-state index contributed by atoms with van der Waals surface area (Å²) in [6, 6.07) is 15.2. The van der Waals surface area contributed by atoms with Crippen molar-refractivity contribution in [3.63, 3.8) is 0 Å². The molecular formula is C20H19N3O2. The van der Waals surface area contributed by atoms with Crippen LogP contribution in [0.2, 0.25) is 0 Å². The van der Waals surface area contributed by atoms with Crippen LogP contribution in [0.3, 0.4) is 0 Å². The van der Waals surface area contributed by atoms with E-state index < -0.39 is 0 Å². The molecule has 0 bridgehead atoms. The second kappa shape index (κ2) is 6.16. The van der Waals surface area contributed by atoms with E-state index in [2.05, 4.69) is 5.32 Å². The van der Waals surface area contributed by atoms with Gasteiger partial charge in [0.2, 0.25) is 5.91 Å². The van der Waals surface area contributed by atoms with Crippen molar-refractivity contribution < 1.29 is 4.79 Å². The van der Waals surface area contributed by atoms with Crippen LogP contribution in [-0.2, 0) is 11.3 Å². The van der Waals surface area contributed by atoms with Crippen molar-refractivity contribution in [1.82, 2.24) is 9.55 Å². The highest BCUT2D eigenvalue weighted by atomic mass is 16.1. The molecule has 2 aromatic carbocycles. The Hall–Kier alpha value is -2.95. The lowest BCUT2D eigenvalue weighted by atomic mass is 10.2. The predicted molar refractivity (Wildman–Crippen MR) is 97.8 cm³/mol. The molecule has 1 heterocycles. The van der Waals surface area contributed by atoms with E-state index in [0.717, 1.165) is 24.2 Å². The number of aromatic nitrogens is 2. The number of carbonyl (C=O) groups is 1. The number of benzene rings is 2. The SMILES string of the molecule is CC(=O)Nc1ccc2nc(C3CC3)n(Cc3ccccc3)c(=O)c2c1. The van der Waals surface area contributed by atoms with Crippen molar-refractivity contribution in [3.05, 3.63) is 70.3 Å². The second-order valence-electron chi connectivity index (χ2n) is 6.53. The van der Waals surface area contributed by atoms with Gasteiger partial charge in [-0.05, 0) is 36.6 Å². The fourth-order valence-electron chi connectivity index (χ4n) is 3.09. The lowest BCUT2D eigenvalue weighted by Gasteiger charge is -2.14. The molecule has 1 N–H and O–H groups in total. The zero-order chi connectivity index (χ0) is 17.4. The zero-order valence-electron chi connectivity index (χ0n) is 14.0. The lowest BCUT2D eigenvalue weighted by Crippen LogP contribution is -2.26. The predicted octanol–water partition coefficient (Wildman–Crippen LogP) is 3.28. The van der Waals surface area contributed by atoms with Crippen molar-refractivity contribution in [3.8, 4) is 0 Å². The molecule has 1 aromatic heterocycles. The minimum atomic E-state index is -0.161. The van der Waals surface area contributed by atoms with Crippen LogP contribution in [0, 0.1) is 0 Å². The molecule has 1 saturated carbocycles. The molecule has 0 unspecified atom stereocenters. The number of nitrogens with zero attached hydrogens (tertiary/aromatic N) is 2. The maximum Gasteiger partial charge on any atom is 0.261 e. The minimum absolute atomic E-state index is 0.0528. The first kappa shape index (κ1) is 15.6. The number of rotatable bonds is 4. The van der Waals surface area contributed by atoms with E-state index in [1.165, 1.54) is 6.92 Å². The van der Waals surface area contributed by atoms with Gasteiger partial charge >= 0.3 is 0 Å². The van der Waals surface area contributed by atoms with E-state index in [9.17, 15) is 9.59 Å². The van der Waals surface area contributed by atoms with Gasteiger partial charge in [-0.2, -0.15) is 0 Å². The van der Waals surface area contributed by atoms with Crippen LogP contribution in [0.1, 0.15) is 37.1 Å². The molecule has 0 radical (unpaired) electrons. The molecule has 1 fully saturated rings. The van der Waals surface area contributed by atoms with Gasteiger partial charge in [0.25, 0.3) is 5.56 Å². The number of carbonyl (C=O) groups excluding carboxylic acids is 1. The van der Waals surface area contributed by atoms with Crippen LogP contribution in [-0.4, -0.2) is 15.5 Å². The summed E-state index contributed by atoms with van der Waals surface area (Å²) in [5.41, 5.74) is 2.32. The Balaban J connectivity index is 1.86. The Labute approximate surface area is 145 Å². The number of nitrogens with one attached hydrogen (secondary N) is 1. The van der Waals surface area contributed by atoms with Gasteiger partial charge in [-0.25, -0.2) is 4.98 Å². The van der Waals surface area contributed by atoms with Gasteiger partial charge in [0.15, 0.2) is 0 Å².